The highest BCUT2D eigenvalue weighted by Gasteiger charge is 2.13. The fourth-order valence-electron chi connectivity index (χ4n) is 0.465. The second-order valence-electron chi connectivity index (χ2n) is 2.13. The van der Waals surface area contributed by atoms with Gasteiger partial charge in [-0.15, -0.1) is 0 Å². The Hall–Kier alpha value is -0.330. The van der Waals surface area contributed by atoms with Crippen LogP contribution in [0.2, 0.25) is 0 Å². The maximum atomic E-state index is 12.7. The summed E-state index contributed by atoms with van der Waals surface area (Å²) < 4.78 is 12.7. The van der Waals surface area contributed by atoms with Crippen LogP contribution in [0.25, 0.3) is 0 Å². The molecule has 48 valence electrons. The molecule has 0 saturated heterocycles. The lowest BCUT2D eigenvalue weighted by atomic mass is 10.1. The molecule has 0 spiro atoms. The second kappa shape index (κ2) is 2.85. The summed E-state index contributed by atoms with van der Waals surface area (Å²) in [5.74, 6) is 0. The van der Waals surface area contributed by atoms with Crippen molar-refractivity contribution in [1.82, 2.24) is 0 Å². The second-order valence-corrected chi connectivity index (χ2v) is 2.13. The summed E-state index contributed by atoms with van der Waals surface area (Å²) in [6, 6.07) is 0. The highest BCUT2D eigenvalue weighted by Crippen LogP contribution is 2.15. The largest absolute Gasteiger partial charge is 0.240 e. The summed E-state index contributed by atoms with van der Waals surface area (Å²) in [5.41, 5.74) is -1.09. The van der Waals surface area contributed by atoms with E-state index < -0.39 is 5.67 Å². The lowest BCUT2D eigenvalue weighted by Gasteiger charge is -2.10. The third-order valence-electron chi connectivity index (χ3n) is 1.21. The summed E-state index contributed by atoms with van der Waals surface area (Å²) in [6.45, 7) is 5.24. The van der Waals surface area contributed by atoms with Gasteiger partial charge >= 0.3 is 0 Å². The molecule has 0 heterocycles. The molecule has 0 aliphatic rings. The Morgan fingerprint density at radius 3 is 2.25 bits per heavy atom. The SMILES string of the molecule is C/C=C/C(C)(F)CC. The van der Waals surface area contributed by atoms with Crippen molar-refractivity contribution in [1.29, 1.82) is 0 Å². The molecule has 0 aromatic rings. The zero-order valence-electron chi connectivity index (χ0n) is 5.74. The van der Waals surface area contributed by atoms with Crippen molar-refractivity contribution in [2.75, 3.05) is 0 Å². The number of allylic oxidation sites excluding steroid dienone is 2. The fourth-order valence-corrected chi connectivity index (χ4v) is 0.465. The minimum Gasteiger partial charge on any atom is -0.240 e. The average Bonchev–Trinajstić information content (AvgIpc) is 1.67. The fraction of sp³-hybridized carbons (Fsp3) is 0.714. The van der Waals surface area contributed by atoms with Gasteiger partial charge < -0.3 is 0 Å². The summed E-state index contributed by atoms with van der Waals surface area (Å²) >= 11 is 0. The van der Waals surface area contributed by atoms with Crippen LogP contribution in [-0.4, -0.2) is 5.67 Å². The van der Waals surface area contributed by atoms with Gasteiger partial charge in [0.05, 0.1) is 0 Å². The summed E-state index contributed by atoms with van der Waals surface area (Å²) in [5, 5.41) is 0. The van der Waals surface area contributed by atoms with E-state index >= 15 is 0 Å². The monoisotopic (exact) mass is 116 g/mol. The summed E-state index contributed by atoms with van der Waals surface area (Å²) in [6.07, 6.45) is 3.87. The minimum atomic E-state index is -1.09. The van der Waals surface area contributed by atoms with Crippen molar-refractivity contribution < 1.29 is 4.39 Å². The molecular weight excluding hydrogens is 103 g/mol. The molecule has 1 heteroatoms. The van der Waals surface area contributed by atoms with Crippen molar-refractivity contribution in [3.8, 4) is 0 Å². The smallest absolute Gasteiger partial charge is 0.126 e. The van der Waals surface area contributed by atoms with Gasteiger partial charge in [-0.1, -0.05) is 19.1 Å². The van der Waals surface area contributed by atoms with Crippen molar-refractivity contribution in [3.63, 3.8) is 0 Å². The molecule has 0 nitrogen and oxygen atoms in total. The molecule has 0 aromatic heterocycles. The van der Waals surface area contributed by atoms with E-state index in [1.807, 2.05) is 13.8 Å². The number of halogens is 1. The zero-order chi connectivity index (χ0) is 6.62. The molecular formula is C7H13F. The molecule has 8 heavy (non-hydrogen) atoms. The van der Waals surface area contributed by atoms with Gasteiger partial charge in [-0.3, -0.25) is 0 Å². The van der Waals surface area contributed by atoms with Gasteiger partial charge in [0.25, 0.3) is 0 Å². The highest BCUT2D eigenvalue weighted by atomic mass is 19.1. The summed E-state index contributed by atoms with van der Waals surface area (Å²) in [4.78, 5) is 0. The lowest BCUT2D eigenvalue weighted by Crippen LogP contribution is -2.10. The summed E-state index contributed by atoms with van der Waals surface area (Å²) in [7, 11) is 0. The first-order valence-electron chi connectivity index (χ1n) is 2.95. The molecule has 0 rings (SSSR count). The molecule has 1 unspecified atom stereocenters. The van der Waals surface area contributed by atoms with Crippen molar-refractivity contribution in [3.05, 3.63) is 12.2 Å². The van der Waals surface area contributed by atoms with Crippen LogP contribution in [0, 0.1) is 0 Å². The van der Waals surface area contributed by atoms with Gasteiger partial charge in [-0.05, 0) is 20.3 Å². The van der Waals surface area contributed by atoms with Crippen LogP contribution in [0.15, 0.2) is 12.2 Å². The predicted octanol–water partition coefficient (Wildman–Crippen LogP) is 2.70. The molecule has 0 saturated carbocycles. The lowest BCUT2D eigenvalue weighted by molar-refractivity contribution is 0.250. The molecule has 0 N–H and O–H groups in total. The predicted molar refractivity (Wildman–Crippen MR) is 34.6 cm³/mol. The van der Waals surface area contributed by atoms with Crippen LogP contribution >= 0.6 is 0 Å². The Bertz CT molecular complexity index is 82.4. The Morgan fingerprint density at radius 1 is 1.62 bits per heavy atom. The molecule has 0 radical (unpaired) electrons. The van der Waals surface area contributed by atoms with Gasteiger partial charge in [0.15, 0.2) is 0 Å². The molecule has 0 amide bonds. The van der Waals surface area contributed by atoms with Crippen LogP contribution in [-0.2, 0) is 0 Å². The van der Waals surface area contributed by atoms with E-state index in [-0.39, 0.29) is 0 Å². The highest BCUT2D eigenvalue weighted by molar-refractivity contribution is 4.95. The Labute approximate surface area is 50.4 Å². The maximum absolute atomic E-state index is 12.7. The Balaban J connectivity index is 3.71. The quantitative estimate of drug-likeness (QED) is 0.486. The van der Waals surface area contributed by atoms with Crippen molar-refractivity contribution >= 4 is 0 Å². The molecule has 0 fully saturated rings. The van der Waals surface area contributed by atoms with E-state index in [0.717, 1.165) is 0 Å². The normalized spacial score (nSPS) is 19.0. The number of rotatable bonds is 2. The maximum Gasteiger partial charge on any atom is 0.126 e. The van der Waals surface area contributed by atoms with Gasteiger partial charge in [0.1, 0.15) is 5.67 Å². The molecule has 1 atom stereocenters. The minimum absolute atomic E-state index is 0.553. The van der Waals surface area contributed by atoms with Gasteiger partial charge in [0, 0.05) is 0 Å². The van der Waals surface area contributed by atoms with E-state index in [0.29, 0.717) is 6.42 Å². The van der Waals surface area contributed by atoms with E-state index in [1.54, 1.807) is 19.1 Å². The molecule has 0 aliphatic heterocycles. The zero-order valence-corrected chi connectivity index (χ0v) is 5.74. The van der Waals surface area contributed by atoms with Crippen molar-refractivity contribution in [2.24, 2.45) is 0 Å². The van der Waals surface area contributed by atoms with Crippen molar-refractivity contribution in [2.45, 2.75) is 32.9 Å². The van der Waals surface area contributed by atoms with Crippen LogP contribution in [0.3, 0.4) is 0 Å². The molecule has 0 bridgehead atoms. The van der Waals surface area contributed by atoms with Crippen LogP contribution in [0.5, 0.6) is 0 Å². The topological polar surface area (TPSA) is 0 Å². The first-order valence-corrected chi connectivity index (χ1v) is 2.95. The Morgan fingerprint density at radius 2 is 2.12 bits per heavy atom. The standard InChI is InChI=1S/C7H13F/c1-4-6-7(3,8)5-2/h4,6H,5H2,1-3H3/b6-4+. The number of hydrogen-bond acceptors (Lipinski definition) is 0. The van der Waals surface area contributed by atoms with E-state index in [4.69, 9.17) is 0 Å². The van der Waals surface area contributed by atoms with E-state index in [2.05, 4.69) is 0 Å². The first-order chi connectivity index (χ1) is 3.62. The Kier molecular flexibility index (Phi) is 2.74. The average molecular weight is 116 g/mol. The van der Waals surface area contributed by atoms with Crippen LogP contribution in [0.1, 0.15) is 27.2 Å². The number of alkyl halides is 1. The van der Waals surface area contributed by atoms with Crippen LogP contribution < -0.4 is 0 Å². The first kappa shape index (κ1) is 7.67. The van der Waals surface area contributed by atoms with Gasteiger partial charge in [-0.2, -0.15) is 0 Å². The third-order valence-corrected chi connectivity index (χ3v) is 1.21. The van der Waals surface area contributed by atoms with Gasteiger partial charge in [0.2, 0.25) is 0 Å². The van der Waals surface area contributed by atoms with E-state index in [1.165, 1.54) is 0 Å². The van der Waals surface area contributed by atoms with E-state index in [9.17, 15) is 4.39 Å². The van der Waals surface area contributed by atoms with Gasteiger partial charge in [-0.25, -0.2) is 4.39 Å². The molecule has 0 aromatic carbocycles. The molecule has 0 aliphatic carbocycles. The number of hydrogen-bond donors (Lipinski definition) is 0. The third kappa shape index (κ3) is 2.78. The van der Waals surface area contributed by atoms with Crippen LogP contribution in [0.4, 0.5) is 4.39 Å².